The van der Waals surface area contributed by atoms with Gasteiger partial charge in [-0.3, -0.25) is 4.90 Å². The molecule has 116 valence electrons. The van der Waals surface area contributed by atoms with Crippen molar-refractivity contribution in [3.63, 3.8) is 0 Å². The first-order valence-electron chi connectivity index (χ1n) is 8.28. The summed E-state index contributed by atoms with van der Waals surface area (Å²) in [4.78, 5) is 2.04. The van der Waals surface area contributed by atoms with E-state index in [0.29, 0.717) is 12.0 Å². The summed E-state index contributed by atoms with van der Waals surface area (Å²) in [6.45, 7) is 6.26. The molecule has 1 saturated carbocycles. The molecule has 0 spiro atoms. The first kappa shape index (κ1) is 14.7. The minimum Gasteiger partial charge on any atom is -0.314 e. The van der Waals surface area contributed by atoms with E-state index >= 15 is 0 Å². The maximum absolute atomic E-state index is 13.5. The van der Waals surface area contributed by atoms with Gasteiger partial charge in [-0.15, -0.1) is 0 Å². The van der Waals surface area contributed by atoms with Gasteiger partial charge in [-0.2, -0.15) is 0 Å². The number of hydrogen-bond donors (Lipinski definition) is 1. The van der Waals surface area contributed by atoms with Gasteiger partial charge in [0, 0.05) is 25.0 Å². The van der Waals surface area contributed by atoms with Gasteiger partial charge < -0.3 is 5.32 Å². The molecule has 0 radical (unpaired) electrons. The Bertz CT molecular complexity index is 347. The fourth-order valence-electron chi connectivity index (χ4n) is 4.69. The Balaban J connectivity index is 1.54. The Hall–Kier alpha value is -0.220. The first-order valence-corrected chi connectivity index (χ1v) is 8.28. The highest BCUT2D eigenvalue weighted by molar-refractivity contribution is 4.92. The van der Waals surface area contributed by atoms with Crippen LogP contribution in [0.4, 0.5) is 8.78 Å². The van der Waals surface area contributed by atoms with Crippen LogP contribution in [0.3, 0.4) is 0 Å². The molecule has 0 aromatic heterocycles. The molecule has 3 fully saturated rings. The third-order valence-electron chi connectivity index (χ3n) is 5.78. The molecular weight excluding hydrogens is 258 g/mol. The molecule has 2 nitrogen and oxygen atoms in total. The zero-order valence-corrected chi connectivity index (χ0v) is 12.7. The van der Waals surface area contributed by atoms with Crippen molar-refractivity contribution in [2.75, 3.05) is 19.6 Å². The van der Waals surface area contributed by atoms with Gasteiger partial charge in [0.05, 0.1) is 6.54 Å². The second-order valence-corrected chi connectivity index (χ2v) is 7.58. The molecule has 3 aliphatic rings. The Morgan fingerprint density at radius 3 is 2.65 bits per heavy atom. The monoisotopic (exact) mass is 286 g/mol. The van der Waals surface area contributed by atoms with Gasteiger partial charge in [0.1, 0.15) is 0 Å². The fraction of sp³-hybridized carbons (Fsp3) is 1.00. The molecule has 4 heteroatoms. The average molecular weight is 286 g/mol. The third kappa shape index (κ3) is 3.16. The molecule has 0 bridgehead atoms. The molecule has 1 aliphatic carbocycles. The number of alkyl halides is 2. The average Bonchev–Trinajstić information content (AvgIpc) is 2.61. The van der Waals surface area contributed by atoms with Crippen LogP contribution in [0.1, 0.15) is 46.0 Å². The normalized spacial score (nSPS) is 45.3. The lowest BCUT2D eigenvalue weighted by atomic mass is 9.70. The lowest BCUT2D eigenvalue weighted by Crippen LogP contribution is -2.46. The van der Waals surface area contributed by atoms with Crippen LogP contribution in [0, 0.1) is 17.8 Å². The fourth-order valence-corrected chi connectivity index (χ4v) is 4.69. The molecule has 2 aliphatic heterocycles. The largest absolute Gasteiger partial charge is 0.314 e. The maximum Gasteiger partial charge on any atom is 0.262 e. The summed E-state index contributed by atoms with van der Waals surface area (Å²) in [5, 5.41) is 3.58. The van der Waals surface area contributed by atoms with Gasteiger partial charge in [0.25, 0.3) is 5.92 Å². The second kappa shape index (κ2) is 5.53. The number of nitrogens with one attached hydrogen (secondary N) is 1. The van der Waals surface area contributed by atoms with Gasteiger partial charge in [-0.05, 0) is 63.8 Å². The SMILES string of the molecule is C[C@@H]1CC2CC(CN3CC(F)(F)C[C@H]3C)CCC2CN1. The number of likely N-dealkylation sites (tertiary alicyclic amines) is 1. The lowest BCUT2D eigenvalue weighted by molar-refractivity contribution is 0.00865. The van der Waals surface area contributed by atoms with Crippen LogP contribution < -0.4 is 5.32 Å². The smallest absolute Gasteiger partial charge is 0.262 e. The Morgan fingerprint density at radius 2 is 1.95 bits per heavy atom. The summed E-state index contributed by atoms with van der Waals surface area (Å²) in [5.74, 6) is -0.166. The van der Waals surface area contributed by atoms with E-state index in [-0.39, 0.29) is 19.0 Å². The van der Waals surface area contributed by atoms with Crippen LogP contribution in [0.25, 0.3) is 0 Å². The summed E-state index contributed by atoms with van der Waals surface area (Å²) in [6.07, 6.45) is 5.09. The second-order valence-electron chi connectivity index (χ2n) is 7.58. The van der Waals surface area contributed by atoms with E-state index < -0.39 is 5.92 Å². The molecule has 0 aromatic carbocycles. The van der Waals surface area contributed by atoms with E-state index in [1.807, 2.05) is 11.8 Å². The van der Waals surface area contributed by atoms with Gasteiger partial charge >= 0.3 is 0 Å². The predicted molar refractivity (Wildman–Crippen MR) is 77.0 cm³/mol. The van der Waals surface area contributed by atoms with E-state index in [2.05, 4.69) is 12.2 Å². The van der Waals surface area contributed by atoms with E-state index in [1.54, 1.807) is 0 Å². The van der Waals surface area contributed by atoms with Crippen LogP contribution in [0.5, 0.6) is 0 Å². The zero-order valence-electron chi connectivity index (χ0n) is 12.7. The zero-order chi connectivity index (χ0) is 14.3. The van der Waals surface area contributed by atoms with Crippen molar-refractivity contribution in [2.24, 2.45) is 17.8 Å². The molecule has 3 unspecified atom stereocenters. The Labute approximate surface area is 121 Å². The van der Waals surface area contributed by atoms with Crippen molar-refractivity contribution in [1.29, 1.82) is 0 Å². The standard InChI is InChI=1S/C16H28F2N2/c1-11-5-15-6-13(3-4-14(15)8-19-11)9-20-10-16(17,18)7-12(20)2/h11-15,19H,3-10H2,1-2H3/t11-,12-,13?,14?,15?/m1/s1. The van der Waals surface area contributed by atoms with Crippen LogP contribution in [0.2, 0.25) is 0 Å². The summed E-state index contributed by atoms with van der Waals surface area (Å²) < 4.78 is 26.9. The predicted octanol–water partition coefficient (Wildman–Crippen LogP) is 3.13. The first-order chi connectivity index (χ1) is 9.43. The van der Waals surface area contributed by atoms with E-state index in [0.717, 1.165) is 24.9 Å². The van der Waals surface area contributed by atoms with Crippen LogP contribution >= 0.6 is 0 Å². The number of rotatable bonds is 2. The molecular formula is C16H28F2N2. The molecule has 2 saturated heterocycles. The summed E-state index contributed by atoms with van der Waals surface area (Å²) in [7, 11) is 0. The Morgan fingerprint density at radius 1 is 1.15 bits per heavy atom. The lowest BCUT2D eigenvalue weighted by Gasteiger charge is -2.43. The molecule has 1 N–H and O–H groups in total. The highest BCUT2D eigenvalue weighted by Gasteiger charge is 2.44. The molecule has 2 heterocycles. The van der Waals surface area contributed by atoms with Crippen molar-refractivity contribution < 1.29 is 8.78 Å². The molecule has 5 atom stereocenters. The number of fused-ring (bicyclic) bond motifs is 1. The Kier molecular flexibility index (Phi) is 4.06. The van der Waals surface area contributed by atoms with E-state index in [9.17, 15) is 8.78 Å². The van der Waals surface area contributed by atoms with Crippen molar-refractivity contribution >= 4 is 0 Å². The van der Waals surface area contributed by atoms with Crippen LogP contribution in [-0.2, 0) is 0 Å². The van der Waals surface area contributed by atoms with Gasteiger partial charge in [-0.25, -0.2) is 8.78 Å². The highest BCUT2D eigenvalue weighted by atomic mass is 19.3. The van der Waals surface area contributed by atoms with Crippen LogP contribution in [0.15, 0.2) is 0 Å². The van der Waals surface area contributed by atoms with Crippen molar-refractivity contribution in [3.8, 4) is 0 Å². The quantitative estimate of drug-likeness (QED) is 0.839. The molecule has 0 aromatic rings. The third-order valence-corrected chi connectivity index (χ3v) is 5.78. The number of halogens is 2. The molecule has 0 amide bonds. The van der Waals surface area contributed by atoms with Gasteiger partial charge in [0.15, 0.2) is 0 Å². The number of piperidine rings is 1. The topological polar surface area (TPSA) is 15.3 Å². The van der Waals surface area contributed by atoms with Crippen molar-refractivity contribution in [1.82, 2.24) is 10.2 Å². The summed E-state index contributed by atoms with van der Waals surface area (Å²) >= 11 is 0. The summed E-state index contributed by atoms with van der Waals surface area (Å²) in [5.41, 5.74) is 0. The number of hydrogen-bond acceptors (Lipinski definition) is 2. The van der Waals surface area contributed by atoms with Crippen molar-refractivity contribution in [2.45, 2.75) is 64.0 Å². The van der Waals surface area contributed by atoms with E-state index in [4.69, 9.17) is 0 Å². The highest BCUT2D eigenvalue weighted by Crippen LogP contribution is 2.40. The van der Waals surface area contributed by atoms with Gasteiger partial charge in [-0.1, -0.05) is 0 Å². The maximum atomic E-state index is 13.5. The minimum atomic E-state index is -2.46. The summed E-state index contributed by atoms with van der Waals surface area (Å²) in [6, 6.07) is 0.680. The minimum absolute atomic E-state index is 0.0171. The number of nitrogens with zero attached hydrogens (tertiary/aromatic N) is 1. The van der Waals surface area contributed by atoms with Crippen molar-refractivity contribution in [3.05, 3.63) is 0 Å². The molecule has 3 rings (SSSR count). The van der Waals surface area contributed by atoms with E-state index in [1.165, 1.54) is 25.7 Å². The van der Waals surface area contributed by atoms with Crippen LogP contribution in [-0.4, -0.2) is 42.5 Å². The molecule has 20 heavy (non-hydrogen) atoms. The van der Waals surface area contributed by atoms with Gasteiger partial charge in [0.2, 0.25) is 0 Å².